The van der Waals surface area contributed by atoms with E-state index in [1.807, 2.05) is 0 Å². The summed E-state index contributed by atoms with van der Waals surface area (Å²) in [6.45, 7) is 12.1. The Labute approximate surface area is 169 Å². The Bertz CT molecular complexity index is 676. The molecule has 2 aliphatic heterocycles. The third-order valence-corrected chi connectivity index (χ3v) is 9.86. The largest absolute Gasteiger partial charge is 0.343 e. The monoisotopic (exact) mass is 388 g/mol. The molecule has 0 aromatic carbocycles. The molecule has 2 heterocycles. The van der Waals surface area contributed by atoms with Gasteiger partial charge in [0, 0.05) is 12.3 Å². The van der Waals surface area contributed by atoms with Crippen LogP contribution in [0.1, 0.15) is 65.2 Å². The molecule has 6 rings (SSSR count). The molecular weight excluding hydrogens is 352 g/mol. The number of allylic oxidation sites excluding steroid dienone is 1. The fraction of sp³-hybridized carbons (Fsp3) is 0.917. The zero-order valence-corrected chi connectivity index (χ0v) is 17.6. The van der Waals surface area contributed by atoms with Gasteiger partial charge in [0.25, 0.3) is 0 Å². The van der Waals surface area contributed by atoms with Crippen molar-refractivity contribution in [2.24, 2.45) is 34.5 Å². The molecule has 6 atom stereocenters. The van der Waals surface area contributed by atoms with Crippen LogP contribution in [-0.2, 0) is 18.9 Å². The van der Waals surface area contributed by atoms with E-state index in [2.05, 4.69) is 20.4 Å². The Balaban J connectivity index is 1.46. The van der Waals surface area contributed by atoms with Crippen molar-refractivity contribution < 1.29 is 18.9 Å². The van der Waals surface area contributed by atoms with Gasteiger partial charge in [-0.3, -0.25) is 0 Å². The van der Waals surface area contributed by atoms with Crippen molar-refractivity contribution in [1.82, 2.24) is 0 Å². The lowest BCUT2D eigenvalue weighted by atomic mass is 9.44. The van der Waals surface area contributed by atoms with Crippen LogP contribution in [0.4, 0.5) is 0 Å². The van der Waals surface area contributed by atoms with Crippen molar-refractivity contribution in [3.63, 3.8) is 0 Å². The van der Waals surface area contributed by atoms with Gasteiger partial charge in [0.15, 0.2) is 0 Å². The molecule has 0 unspecified atom stereocenters. The first-order chi connectivity index (χ1) is 13.4. The Morgan fingerprint density at radius 2 is 1.61 bits per heavy atom. The summed E-state index contributed by atoms with van der Waals surface area (Å²) in [5.74, 6) is 0.917. The standard InChI is InChI=1S/C24H36O4/c1-16-14-17-19(22(3)8-5-4-6-18(16)22)7-9-21(2)15-23-24(20(17)21,27-12-10-25-23)28-13-11-26-23/h17-20H,1,4-15H2,2-3H3/t17-,18-,19+,20+,21-,22+,23?,24?/m1/s1. The van der Waals surface area contributed by atoms with E-state index < -0.39 is 11.6 Å². The number of ether oxygens (including phenoxy) is 4. The molecule has 0 spiro atoms. The summed E-state index contributed by atoms with van der Waals surface area (Å²) in [7, 11) is 0. The maximum Gasteiger partial charge on any atom is 0.227 e. The lowest BCUT2D eigenvalue weighted by molar-refractivity contribution is -0.466. The van der Waals surface area contributed by atoms with E-state index >= 15 is 0 Å². The maximum absolute atomic E-state index is 6.57. The minimum absolute atomic E-state index is 0.147. The first-order valence-corrected chi connectivity index (χ1v) is 11.7. The van der Waals surface area contributed by atoms with Crippen LogP contribution in [0.2, 0.25) is 0 Å². The average molecular weight is 389 g/mol. The number of hydrogen-bond donors (Lipinski definition) is 0. The van der Waals surface area contributed by atoms with Gasteiger partial charge < -0.3 is 18.9 Å². The summed E-state index contributed by atoms with van der Waals surface area (Å²) in [6, 6.07) is 0. The SMILES string of the molecule is C=C1C[C@H]2[C@@H]3C45OCCOC4(C[C@@]3(C)CC[C@@H]2[C@@]2(C)CCCC[C@H]12)OCCO5. The van der Waals surface area contributed by atoms with Crippen LogP contribution in [0.25, 0.3) is 0 Å². The average Bonchev–Trinajstić information content (AvgIpc) is 2.93. The number of fused-ring (bicyclic) bond motifs is 5. The van der Waals surface area contributed by atoms with Gasteiger partial charge in [0.1, 0.15) is 0 Å². The molecule has 0 amide bonds. The zero-order valence-electron chi connectivity index (χ0n) is 17.6. The summed E-state index contributed by atoms with van der Waals surface area (Å²) in [5, 5.41) is 0. The van der Waals surface area contributed by atoms with E-state index in [0.29, 0.717) is 49.6 Å². The lowest BCUT2D eigenvalue weighted by Crippen LogP contribution is -2.68. The van der Waals surface area contributed by atoms with Crippen LogP contribution in [-0.4, -0.2) is 38.0 Å². The molecule has 4 nitrogen and oxygen atoms in total. The van der Waals surface area contributed by atoms with Gasteiger partial charge in [0.05, 0.1) is 26.4 Å². The van der Waals surface area contributed by atoms with E-state index in [1.54, 1.807) is 0 Å². The van der Waals surface area contributed by atoms with Gasteiger partial charge in [-0.05, 0) is 60.7 Å². The third kappa shape index (κ3) is 2.06. The van der Waals surface area contributed by atoms with Crippen molar-refractivity contribution in [2.75, 3.05) is 26.4 Å². The molecule has 0 aromatic rings. The molecule has 156 valence electrons. The van der Waals surface area contributed by atoms with Gasteiger partial charge in [0.2, 0.25) is 11.6 Å². The highest BCUT2D eigenvalue weighted by Crippen LogP contribution is 2.72. The highest BCUT2D eigenvalue weighted by molar-refractivity contribution is 5.24. The smallest absolute Gasteiger partial charge is 0.227 e. The Morgan fingerprint density at radius 3 is 2.36 bits per heavy atom. The molecule has 0 bridgehead atoms. The fourth-order valence-corrected chi connectivity index (χ4v) is 9.02. The second-order valence-electron chi connectivity index (χ2n) is 11.1. The third-order valence-electron chi connectivity index (χ3n) is 9.86. The van der Waals surface area contributed by atoms with Crippen LogP contribution >= 0.6 is 0 Å². The van der Waals surface area contributed by atoms with Gasteiger partial charge in [-0.15, -0.1) is 0 Å². The molecule has 6 aliphatic rings. The zero-order chi connectivity index (χ0) is 19.2. The van der Waals surface area contributed by atoms with Gasteiger partial charge >= 0.3 is 0 Å². The summed E-state index contributed by atoms with van der Waals surface area (Å²) < 4.78 is 25.9. The highest BCUT2D eigenvalue weighted by atomic mass is 16.8. The molecule has 6 fully saturated rings. The van der Waals surface area contributed by atoms with Gasteiger partial charge in [-0.2, -0.15) is 0 Å². The van der Waals surface area contributed by atoms with Crippen LogP contribution in [0, 0.1) is 34.5 Å². The second kappa shape index (κ2) is 5.84. The molecule has 0 aromatic heterocycles. The van der Waals surface area contributed by atoms with Crippen LogP contribution in [0.3, 0.4) is 0 Å². The molecule has 28 heavy (non-hydrogen) atoms. The predicted molar refractivity (Wildman–Crippen MR) is 106 cm³/mol. The summed E-state index contributed by atoms with van der Waals surface area (Å²) >= 11 is 0. The predicted octanol–water partition coefficient (Wildman–Crippen LogP) is 4.68. The molecule has 4 saturated carbocycles. The van der Waals surface area contributed by atoms with E-state index in [4.69, 9.17) is 18.9 Å². The first kappa shape index (κ1) is 18.4. The summed E-state index contributed by atoms with van der Waals surface area (Å²) in [4.78, 5) is 0. The molecular formula is C24H36O4. The molecule has 0 radical (unpaired) electrons. The minimum Gasteiger partial charge on any atom is -0.343 e. The first-order valence-electron chi connectivity index (χ1n) is 11.7. The van der Waals surface area contributed by atoms with Crippen molar-refractivity contribution in [3.05, 3.63) is 12.2 Å². The van der Waals surface area contributed by atoms with E-state index in [1.165, 1.54) is 44.1 Å². The van der Waals surface area contributed by atoms with E-state index in [0.717, 1.165) is 18.8 Å². The molecule has 4 aliphatic carbocycles. The number of hydrogen-bond acceptors (Lipinski definition) is 4. The highest BCUT2D eigenvalue weighted by Gasteiger charge is 2.78. The maximum atomic E-state index is 6.57. The Hall–Kier alpha value is -0.420. The van der Waals surface area contributed by atoms with Gasteiger partial charge in [-0.1, -0.05) is 38.8 Å². The lowest BCUT2D eigenvalue weighted by Gasteiger charge is -2.62. The van der Waals surface area contributed by atoms with Crippen LogP contribution in [0.15, 0.2) is 12.2 Å². The van der Waals surface area contributed by atoms with E-state index in [-0.39, 0.29) is 5.41 Å². The van der Waals surface area contributed by atoms with Crippen LogP contribution < -0.4 is 0 Å². The molecule has 0 N–H and O–H groups in total. The van der Waals surface area contributed by atoms with Gasteiger partial charge in [-0.25, -0.2) is 0 Å². The second-order valence-corrected chi connectivity index (χ2v) is 11.1. The Kier molecular flexibility index (Phi) is 3.83. The van der Waals surface area contributed by atoms with Crippen molar-refractivity contribution in [3.8, 4) is 0 Å². The molecule has 4 heteroatoms. The minimum atomic E-state index is -0.722. The summed E-state index contributed by atoms with van der Waals surface area (Å²) in [5.41, 5.74) is 2.04. The number of rotatable bonds is 0. The Morgan fingerprint density at radius 1 is 0.893 bits per heavy atom. The normalized spacial score (nSPS) is 58.1. The topological polar surface area (TPSA) is 36.9 Å². The quantitative estimate of drug-likeness (QED) is 0.565. The molecule has 2 saturated heterocycles. The summed E-state index contributed by atoms with van der Waals surface area (Å²) in [6.07, 6.45) is 10.0. The fourth-order valence-electron chi connectivity index (χ4n) is 9.02. The van der Waals surface area contributed by atoms with Crippen molar-refractivity contribution in [1.29, 1.82) is 0 Å². The van der Waals surface area contributed by atoms with E-state index in [9.17, 15) is 0 Å². The van der Waals surface area contributed by atoms with Crippen molar-refractivity contribution >= 4 is 0 Å². The van der Waals surface area contributed by atoms with Crippen LogP contribution in [0.5, 0.6) is 0 Å². The van der Waals surface area contributed by atoms with Crippen molar-refractivity contribution in [2.45, 2.75) is 76.8 Å².